The summed E-state index contributed by atoms with van der Waals surface area (Å²) < 4.78 is 12.5. The highest BCUT2D eigenvalue weighted by Gasteiger charge is 2.43. The van der Waals surface area contributed by atoms with Crippen LogP contribution in [-0.4, -0.2) is 76.6 Å². The second-order valence-corrected chi connectivity index (χ2v) is 10.8. The quantitative estimate of drug-likeness (QED) is 0.262. The van der Waals surface area contributed by atoms with Crippen LogP contribution in [0.3, 0.4) is 0 Å². The molecule has 0 unspecified atom stereocenters. The van der Waals surface area contributed by atoms with Gasteiger partial charge >= 0.3 is 0 Å². The van der Waals surface area contributed by atoms with Gasteiger partial charge in [-0.2, -0.15) is 0 Å². The number of ether oxygens (including phenoxy) is 2. The molecule has 2 aliphatic carbocycles. The minimum absolute atomic E-state index is 0.00646. The molecule has 0 aliphatic heterocycles. The molecule has 4 N–H and O–H groups in total. The van der Waals surface area contributed by atoms with Gasteiger partial charge in [-0.05, 0) is 65.6 Å². The summed E-state index contributed by atoms with van der Waals surface area (Å²) in [6.07, 6.45) is 5.65. The van der Waals surface area contributed by atoms with E-state index in [0.717, 1.165) is 38.5 Å². The van der Waals surface area contributed by atoms with Crippen molar-refractivity contribution in [1.82, 2.24) is 10.2 Å². The van der Waals surface area contributed by atoms with Crippen LogP contribution in [0.4, 0.5) is 0 Å². The molecule has 3 rings (SSSR count). The molecule has 10 heteroatoms. The molecule has 1 aromatic carbocycles. The number of methoxy groups -OCH3 is 1. The number of carbonyl (C=O) groups is 2. The van der Waals surface area contributed by atoms with Crippen molar-refractivity contribution in [2.24, 2.45) is 0 Å². The predicted molar refractivity (Wildman–Crippen MR) is 147 cm³/mol. The average Bonchev–Trinajstić information content (AvgIpc) is 3.43. The third-order valence-corrected chi connectivity index (χ3v) is 7.85. The number of rotatable bonds is 12. The van der Waals surface area contributed by atoms with E-state index in [1.807, 2.05) is 11.8 Å². The first-order chi connectivity index (χ1) is 17.8. The van der Waals surface area contributed by atoms with Crippen LogP contribution in [0, 0.1) is 3.57 Å². The van der Waals surface area contributed by atoms with Crippen molar-refractivity contribution in [3.8, 4) is 11.5 Å². The van der Waals surface area contributed by atoms with Gasteiger partial charge in [-0.25, -0.2) is 0 Å². The van der Waals surface area contributed by atoms with E-state index in [1.165, 1.54) is 7.11 Å². The van der Waals surface area contributed by atoms with Gasteiger partial charge in [0.15, 0.2) is 11.5 Å². The van der Waals surface area contributed by atoms with E-state index in [9.17, 15) is 24.9 Å². The monoisotopic (exact) mass is 630 g/mol. The molecule has 1 aromatic rings. The molecule has 3 atom stereocenters. The van der Waals surface area contributed by atoms with Gasteiger partial charge in [0.1, 0.15) is 12.2 Å². The summed E-state index contributed by atoms with van der Waals surface area (Å²) in [5.41, 5.74) is 1.06. The van der Waals surface area contributed by atoms with E-state index >= 15 is 0 Å². The number of nitrogens with one attached hydrogen (secondary N) is 1. The third-order valence-electron chi connectivity index (χ3n) is 7.05. The largest absolute Gasteiger partial charge is 0.493 e. The molecule has 0 saturated heterocycles. The fourth-order valence-corrected chi connectivity index (χ4v) is 5.95. The summed E-state index contributed by atoms with van der Waals surface area (Å²) in [6.45, 7) is 1.79. The van der Waals surface area contributed by atoms with Crippen LogP contribution in [-0.2, 0) is 16.2 Å². The Morgan fingerprint density at radius 1 is 1.22 bits per heavy atom. The molecule has 2 aliphatic rings. The van der Waals surface area contributed by atoms with Crippen molar-refractivity contribution in [3.63, 3.8) is 0 Å². The van der Waals surface area contributed by atoms with Gasteiger partial charge in [-0.1, -0.05) is 26.2 Å². The lowest BCUT2D eigenvalue weighted by atomic mass is 9.87. The molecule has 0 aromatic heterocycles. The zero-order chi connectivity index (χ0) is 26.9. The topological polar surface area (TPSA) is 129 Å². The van der Waals surface area contributed by atoms with E-state index in [0.29, 0.717) is 32.6 Å². The number of aliphatic hydroxyl groups excluding tert-OH is 3. The van der Waals surface area contributed by atoms with Crippen LogP contribution in [0.15, 0.2) is 23.8 Å². The molecule has 37 heavy (non-hydrogen) atoms. The highest BCUT2D eigenvalue weighted by atomic mass is 127. The molecule has 0 spiro atoms. The first kappa shape index (κ1) is 29.7. The minimum atomic E-state index is -1.07. The number of amides is 2. The van der Waals surface area contributed by atoms with E-state index in [1.54, 1.807) is 18.2 Å². The number of benzene rings is 1. The number of carbonyl (C=O) groups excluding carboxylic acids is 2. The highest BCUT2D eigenvalue weighted by molar-refractivity contribution is 14.1. The Morgan fingerprint density at radius 2 is 1.95 bits per heavy atom. The Morgan fingerprint density at radius 3 is 2.57 bits per heavy atom. The normalized spacial score (nSPS) is 21.9. The smallest absolute Gasteiger partial charge is 0.247 e. The van der Waals surface area contributed by atoms with Gasteiger partial charge in [-0.3, -0.25) is 9.59 Å². The summed E-state index contributed by atoms with van der Waals surface area (Å²) in [6, 6.07) is 2.82. The summed E-state index contributed by atoms with van der Waals surface area (Å²) >= 11 is 2.08. The number of aliphatic hydroxyl groups is 3. The van der Waals surface area contributed by atoms with Gasteiger partial charge < -0.3 is 35.0 Å². The van der Waals surface area contributed by atoms with Crippen LogP contribution >= 0.6 is 22.6 Å². The molecule has 0 heterocycles. The van der Waals surface area contributed by atoms with E-state index in [2.05, 4.69) is 27.9 Å². The summed E-state index contributed by atoms with van der Waals surface area (Å²) in [7, 11) is 1.50. The molecule has 1 fully saturated rings. The van der Waals surface area contributed by atoms with Crippen molar-refractivity contribution in [2.75, 3.05) is 20.3 Å². The minimum Gasteiger partial charge on any atom is -0.493 e. The van der Waals surface area contributed by atoms with Crippen molar-refractivity contribution in [3.05, 3.63) is 32.9 Å². The van der Waals surface area contributed by atoms with Crippen LogP contribution in [0.25, 0.3) is 0 Å². The Kier molecular flexibility index (Phi) is 11.5. The van der Waals surface area contributed by atoms with E-state index < -0.39 is 18.2 Å². The molecule has 2 amide bonds. The van der Waals surface area contributed by atoms with Crippen LogP contribution in [0.2, 0.25) is 0 Å². The van der Waals surface area contributed by atoms with Gasteiger partial charge in [0, 0.05) is 31.0 Å². The zero-order valence-electron chi connectivity index (χ0n) is 21.6. The average molecular weight is 631 g/mol. The van der Waals surface area contributed by atoms with Crippen molar-refractivity contribution in [2.45, 2.75) is 89.2 Å². The molecule has 9 nitrogen and oxygen atoms in total. The van der Waals surface area contributed by atoms with Crippen LogP contribution < -0.4 is 14.8 Å². The molecular formula is C27H39IN2O7. The molecule has 206 valence electrons. The molecular weight excluding hydrogens is 591 g/mol. The fraction of sp³-hybridized carbons (Fsp3) is 0.630. The van der Waals surface area contributed by atoms with E-state index in [-0.39, 0.29) is 44.0 Å². The maximum atomic E-state index is 13.4. The van der Waals surface area contributed by atoms with Gasteiger partial charge in [0.2, 0.25) is 11.8 Å². The van der Waals surface area contributed by atoms with E-state index in [4.69, 9.17) is 9.47 Å². The molecule has 0 bridgehead atoms. The van der Waals surface area contributed by atoms with Crippen molar-refractivity contribution >= 4 is 34.4 Å². The summed E-state index contributed by atoms with van der Waals surface area (Å²) in [4.78, 5) is 28.3. The summed E-state index contributed by atoms with van der Waals surface area (Å²) in [5.74, 6) is 0.426. The van der Waals surface area contributed by atoms with Crippen molar-refractivity contribution in [1.29, 1.82) is 0 Å². The predicted octanol–water partition coefficient (Wildman–Crippen LogP) is 2.67. The van der Waals surface area contributed by atoms with Crippen LogP contribution in [0.5, 0.6) is 11.5 Å². The number of halogens is 1. The summed E-state index contributed by atoms with van der Waals surface area (Å²) in [5, 5.41) is 33.1. The third kappa shape index (κ3) is 7.36. The fourth-order valence-electron chi connectivity index (χ4n) is 5.16. The Labute approximate surface area is 232 Å². The maximum Gasteiger partial charge on any atom is 0.247 e. The van der Waals surface area contributed by atoms with Crippen LogP contribution in [0.1, 0.15) is 63.9 Å². The first-order valence-electron chi connectivity index (χ1n) is 13.1. The second-order valence-electron chi connectivity index (χ2n) is 9.63. The van der Waals surface area contributed by atoms with Gasteiger partial charge in [-0.15, -0.1) is 0 Å². The Bertz CT molecular complexity index is 964. The van der Waals surface area contributed by atoms with Crippen molar-refractivity contribution < 1.29 is 34.4 Å². The lowest BCUT2D eigenvalue weighted by Crippen LogP contribution is -2.57. The number of unbranched alkanes of at least 4 members (excludes halogenated alkanes) is 1. The lowest BCUT2D eigenvalue weighted by Gasteiger charge is -2.43. The zero-order valence-corrected chi connectivity index (χ0v) is 23.8. The number of hydrogen-bond acceptors (Lipinski definition) is 7. The highest BCUT2D eigenvalue weighted by Crippen LogP contribution is 2.38. The second kappa shape index (κ2) is 14.3. The maximum absolute atomic E-state index is 13.4. The Balaban J connectivity index is 2.00. The SMILES string of the molecule is CCCCC(=O)N(C1CCCC1)[C@@H]1CC(C(=O)NCCO)=C[C@H](Oc2c(I)cc(CO)cc2OC)[C@H]1O. The Hall–Kier alpha value is -1.89. The molecule has 1 saturated carbocycles. The number of nitrogens with zero attached hydrogens (tertiary/aromatic N) is 1. The number of hydrogen-bond donors (Lipinski definition) is 4. The molecule has 0 radical (unpaired) electrons. The standard InChI is InChI=1S/C27H39IN2O7/c1-3-4-9-24(33)30(19-7-5-6-8-19)21-14-18(27(35)29-10-11-31)15-22(25(21)34)37-26-20(28)12-17(16-32)13-23(26)36-2/h12-13,15,19,21-22,25,31-32,34H,3-11,14,16H2,1-2H3,(H,29,35)/t21-,22+,25+/m1/s1. The first-order valence-corrected chi connectivity index (χ1v) is 14.1. The lowest BCUT2D eigenvalue weighted by molar-refractivity contribution is -0.142. The van der Waals surface area contributed by atoms with Gasteiger partial charge in [0.25, 0.3) is 0 Å². The van der Waals surface area contributed by atoms with Gasteiger partial charge in [0.05, 0.1) is 29.9 Å².